The lowest BCUT2D eigenvalue weighted by Gasteiger charge is -2.32. The topological polar surface area (TPSA) is 67.8 Å². The Bertz CT molecular complexity index is 1330. The second kappa shape index (κ2) is 9.94. The molecule has 1 unspecified atom stereocenters. The van der Waals surface area contributed by atoms with Gasteiger partial charge in [-0.2, -0.15) is 0 Å². The van der Waals surface area contributed by atoms with Gasteiger partial charge in [0, 0.05) is 41.6 Å². The Hall–Kier alpha value is -3.18. The number of carbonyl (C=O) groups is 1. The highest BCUT2D eigenvalue weighted by molar-refractivity contribution is 5.98. The van der Waals surface area contributed by atoms with Gasteiger partial charge in [-0.05, 0) is 105 Å². The van der Waals surface area contributed by atoms with Crippen LogP contribution in [0.25, 0.3) is 17.3 Å². The number of carbonyl (C=O) groups excluding carboxylic acids is 1. The minimum atomic E-state index is 0.151. The van der Waals surface area contributed by atoms with E-state index in [-0.39, 0.29) is 17.3 Å². The van der Waals surface area contributed by atoms with Crippen molar-refractivity contribution in [2.75, 3.05) is 13.1 Å². The van der Waals surface area contributed by atoms with E-state index in [4.69, 9.17) is 9.97 Å². The summed E-state index contributed by atoms with van der Waals surface area (Å²) in [5, 5.41) is 3.37. The molecule has 1 spiro atoms. The number of hydrogen-bond donors (Lipinski definition) is 1. The van der Waals surface area contributed by atoms with Crippen LogP contribution < -0.4 is 5.32 Å². The summed E-state index contributed by atoms with van der Waals surface area (Å²) in [6, 6.07) is 10.7. The normalized spacial score (nSPS) is 21.0. The molecule has 2 fully saturated rings. The lowest BCUT2D eigenvalue weighted by Crippen LogP contribution is -2.32. The molecule has 1 N–H and O–H groups in total. The van der Waals surface area contributed by atoms with E-state index in [1.165, 1.54) is 29.5 Å². The van der Waals surface area contributed by atoms with Crippen molar-refractivity contribution in [3.63, 3.8) is 0 Å². The number of allylic oxidation sites excluding steroid dienone is 1. The van der Waals surface area contributed by atoms with E-state index < -0.39 is 0 Å². The van der Waals surface area contributed by atoms with Crippen LogP contribution in [-0.2, 0) is 11.8 Å². The van der Waals surface area contributed by atoms with Gasteiger partial charge in [0.1, 0.15) is 5.82 Å². The van der Waals surface area contributed by atoms with Gasteiger partial charge in [0.15, 0.2) is 5.78 Å². The molecule has 1 aliphatic heterocycles. The van der Waals surface area contributed by atoms with E-state index in [1.54, 1.807) is 0 Å². The van der Waals surface area contributed by atoms with Gasteiger partial charge in [0.2, 0.25) is 0 Å². The molecule has 1 atom stereocenters. The third kappa shape index (κ3) is 4.89. The highest BCUT2D eigenvalue weighted by Crippen LogP contribution is 2.58. The highest BCUT2D eigenvalue weighted by atomic mass is 16.1. The van der Waals surface area contributed by atoms with Crippen LogP contribution in [0.3, 0.4) is 0 Å². The maximum atomic E-state index is 13.2. The fourth-order valence-corrected chi connectivity index (χ4v) is 6.24. The zero-order chi connectivity index (χ0) is 25.4. The van der Waals surface area contributed by atoms with Gasteiger partial charge in [-0.3, -0.25) is 9.78 Å². The molecule has 1 saturated heterocycles. The van der Waals surface area contributed by atoms with Crippen LogP contribution in [0, 0.1) is 5.92 Å². The molecule has 0 bridgehead atoms. The molecule has 3 aromatic rings. The van der Waals surface area contributed by atoms with Crippen molar-refractivity contribution in [3.8, 4) is 11.3 Å². The Kier molecular flexibility index (Phi) is 6.49. The Morgan fingerprint density at radius 3 is 2.59 bits per heavy atom. The molecule has 1 saturated carbocycles. The van der Waals surface area contributed by atoms with E-state index in [1.807, 2.05) is 24.7 Å². The second-order valence-corrected chi connectivity index (χ2v) is 11.3. The molecule has 2 aromatic heterocycles. The summed E-state index contributed by atoms with van der Waals surface area (Å²) in [5.74, 6) is 1.66. The highest BCUT2D eigenvalue weighted by Gasteiger charge is 2.50. The first-order chi connectivity index (χ1) is 18.0. The standard InChI is InChI=1S/C32H36N4O/c1-3-21(2)14-22-6-13-34-29(15-22)27-19-35-31(36-20-27)26-17-25-16-24(30(37)23-7-11-33-12-8-23)4-5-28(25)32(18-26)9-10-32/h4-6,13-16,19-20,23,26,33H,3,7-12,17-18H2,1-2H3/b21-14+. The van der Waals surface area contributed by atoms with Crippen molar-refractivity contribution in [1.82, 2.24) is 20.3 Å². The number of rotatable bonds is 6. The van der Waals surface area contributed by atoms with Crippen molar-refractivity contribution in [3.05, 3.63) is 82.6 Å². The molecule has 2 aliphatic carbocycles. The second-order valence-electron chi connectivity index (χ2n) is 11.3. The molecule has 0 radical (unpaired) electrons. The number of aromatic nitrogens is 3. The summed E-state index contributed by atoms with van der Waals surface area (Å²) < 4.78 is 0. The van der Waals surface area contributed by atoms with Gasteiger partial charge < -0.3 is 5.32 Å². The molecular formula is C32H36N4O. The van der Waals surface area contributed by atoms with Gasteiger partial charge in [0.25, 0.3) is 0 Å². The van der Waals surface area contributed by atoms with Gasteiger partial charge in [-0.25, -0.2) is 9.97 Å². The van der Waals surface area contributed by atoms with Crippen LogP contribution in [0.2, 0.25) is 0 Å². The average molecular weight is 493 g/mol. The molecule has 37 heavy (non-hydrogen) atoms. The number of nitrogens with one attached hydrogen (secondary N) is 1. The first-order valence-electron chi connectivity index (χ1n) is 13.9. The summed E-state index contributed by atoms with van der Waals surface area (Å²) in [7, 11) is 0. The SMILES string of the molecule is CC/C(C)=C/c1ccnc(-c2cnc(C3Cc4cc(C(=O)C5CCNCC5)ccc4C4(CC4)C3)nc2)c1. The van der Waals surface area contributed by atoms with Crippen LogP contribution >= 0.6 is 0 Å². The summed E-state index contributed by atoms with van der Waals surface area (Å²) in [6.45, 7) is 6.20. The lowest BCUT2D eigenvalue weighted by molar-refractivity contribution is 0.0895. The first-order valence-corrected chi connectivity index (χ1v) is 13.9. The van der Waals surface area contributed by atoms with E-state index in [2.05, 4.69) is 54.5 Å². The van der Waals surface area contributed by atoms with Gasteiger partial charge in [-0.15, -0.1) is 0 Å². The first kappa shape index (κ1) is 24.2. The summed E-state index contributed by atoms with van der Waals surface area (Å²) in [6.07, 6.45) is 15.3. The van der Waals surface area contributed by atoms with Gasteiger partial charge >= 0.3 is 0 Å². The van der Waals surface area contributed by atoms with E-state index in [9.17, 15) is 4.79 Å². The Labute approximate surface area is 219 Å². The smallest absolute Gasteiger partial charge is 0.166 e. The molecule has 3 heterocycles. The van der Waals surface area contributed by atoms with E-state index in [0.717, 1.165) is 73.4 Å². The van der Waals surface area contributed by atoms with Crippen molar-refractivity contribution < 1.29 is 4.79 Å². The van der Waals surface area contributed by atoms with Crippen LogP contribution in [0.4, 0.5) is 0 Å². The van der Waals surface area contributed by atoms with Gasteiger partial charge in [0.05, 0.1) is 5.69 Å². The number of piperidine rings is 1. The minimum Gasteiger partial charge on any atom is -0.317 e. The van der Waals surface area contributed by atoms with E-state index in [0.29, 0.717) is 5.78 Å². The number of benzene rings is 1. The van der Waals surface area contributed by atoms with Crippen LogP contribution in [0.5, 0.6) is 0 Å². The number of pyridine rings is 1. The maximum absolute atomic E-state index is 13.2. The zero-order valence-corrected chi connectivity index (χ0v) is 22.0. The van der Waals surface area contributed by atoms with Crippen molar-refractivity contribution in [2.24, 2.45) is 5.92 Å². The monoisotopic (exact) mass is 492 g/mol. The van der Waals surface area contributed by atoms with Gasteiger partial charge in [-0.1, -0.05) is 30.7 Å². The molecule has 3 aliphatic rings. The zero-order valence-electron chi connectivity index (χ0n) is 22.0. The minimum absolute atomic E-state index is 0.151. The van der Waals surface area contributed by atoms with Crippen molar-refractivity contribution in [2.45, 2.75) is 70.1 Å². The summed E-state index contributed by atoms with van der Waals surface area (Å²) >= 11 is 0. The summed E-state index contributed by atoms with van der Waals surface area (Å²) in [4.78, 5) is 27.5. The predicted molar refractivity (Wildman–Crippen MR) is 148 cm³/mol. The molecule has 0 amide bonds. The fourth-order valence-electron chi connectivity index (χ4n) is 6.24. The number of nitrogens with zero attached hydrogens (tertiary/aromatic N) is 3. The molecule has 6 rings (SSSR count). The average Bonchev–Trinajstić information content (AvgIpc) is 3.72. The number of hydrogen-bond acceptors (Lipinski definition) is 5. The third-order valence-corrected chi connectivity index (χ3v) is 8.72. The molecule has 5 heteroatoms. The van der Waals surface area contributed by atoms with E-state index >= 15 is 0 Å². The molecule has 1 aromatic carbocycles. The van der Waals surface area contributed by atoms with Crippen molar-refractivity contribution in [1.29, 1.82) is 0 Å². The largest absolute Gasteiger partial charge is 0.317 e. The number of ketones is 1. The molecule has 5 nitrogen and oxygen atoms in total. The maximum Gasteiger partial charge on any atom is 0.166 e. The predicted octanol–water partition coefficient (Wildman–Crippen LogP) is 6.30. The quantitative estimate of drug-likeness (QED) is 0.409. The Morgan fingerprint density at radius 1 is 1.08 bits per heavy atom. The fraction of sp³-hybridized carbons (Fsp3) is 0.438. The third-order valence-electron chi connectivity index (χ3n) is 8.72. The van der Waals surface area contributed by atoms with Crippen LogP contribution in [0.1, 0.15) is 91.2 Å². The molecule has 190 valence electrons. The Morgan fingerprint density at radius 2 is 1.86 bits per heavy atom. The van der Waals surface area contributed by atoms with Crippen LogP contribution in [0.15, 0.2) is 54.5 Å². The Balaban J connectivity index is 1.24. The lowest BCUT2D eigenvalue weighted by atomic mass is 9.73. The molecular weight excluding hydrogens is 456 g/mol. The summed E-state index contributed by atoms with van der Waals surface area (Å²) in [5.41, 5.74) is 8.26. The number of fused-ring (bicyclic) bond motifs is 2. The van der Waals surface area contributed by atoms with Crippen LogP contribution in [-0.4, -0.2) is 33.8 Å². The number of Topliss-reactive ketones (excluding diaryl/α,β-unsaturated/α-hetero) is 1. The van der Waals surface area contributed by atoms with Crippen molar-refractivity contribution >= 4 is 11.9 Å².